The van der Waals surface area contributed by atoms with Crippen LogP contribution in [0.15, 0.2) is 6.07 Å². The van der Waals surface area contributed by atoms with Gasteiger partial charge in [-0.2, -0.15) is 0 Å². The Balaban J connectivity index is 2.62. The molecule has 1 aromatic rings. The van der Waals surface area contributed by atoms with E-state index in [-0.39, 0.29) is 0 Å². The minimum absolute atomic E-state index is 0.657. The highest BCUT2D eigenvalue weighted by molar-refractivity contribution is 5.33. The number of nitrogens with two attached hydrogens (primary N) is 1. The fourth-order valence-electron chi connectivity index (χ4n) is 1.19. The number of anilines is 1. The van der Waals surface area contributed by atoms with Gasteiger partial charge in [-0.15, -0.1) is 0 Å². The summed E-state index contributed by atoms with van der Waals surface area (Å²) in [7, 11) is 1.68. The number of rotatable bonds is 5. The second-order valence-corrected chi connectivity index (χ2v) is 3.05. The van der Waals surface area contributed by atoms with Gasteiger partial charge >= 0.3 is 0 Å². The van der Waals surface area contributed by atoms with E-state index >= 15 is 0 Å². The molecule has 0 fully saturated rings. The number of nitrogens with zero attached hydrogens (tertiary/aromatic N) is 2. The molecule has 3 N–H and O–H groups in total. The largest absolute Gasteiger partial charge is 0.385 e. The number of methoxy groups -OCH3 is 1. The molecule has 0 aromatic carbocycles. The lowest BCUT2D eigenvalue weighted by Gasteiger charge is -2.04. The minimum atomic E-state index is 0.657. The molecule has 5 heteroatoms. The zero-order valence-corrected chi connectivity index (χ0v) is 8.58. The Morgan fingerprint density at radius 3 is 2.93 bits per heavy atom. The van der Waals surface area contributed by atoms with Gasteiger partial charge in [0.25, 0.3) is 0 Å². The number of hydrazine groups is 1. The summed E-state index contributed by atoms with van der Waals surface area (Å²) < 4.78 is 4.95. The summed E-state index contributed by atoms with van der Waals surface area (Å²) in [5.41, 5.74) is 3.43. The molecule has 78 valence electrons. The van der Waals surface area contributed by atoms with Gasteiger partial charge in [0.2, 0.25) is 0 Å². The number of ether oxygens (including phenoxy) is 1. The summed E-state index contributed by atoms with van der Waals surface area (Å²) in [6.07, 6.45) is 1.73. The van der Waals surface area contributed by atoms with Crippen LogP contribution >= 0.6 is 0 Å². The van der Waals surface area contributed by atoms with Crippen molar-refractivity contribution in [2.45, 2.75) is 19.8 Å². The average molecular weight is 196 g/mol. The van der Waals surface area contributed by atoms with Gasteiger partial charge in [0, 0.05) is 31.9 Å². The van der Waals surface area contributed by atoms with E-state index in [0.717, 1.165) is 31.0 Å². The van der Waals surface area contributed by atoms with Gasteiger partial charge in [0.1, 0.15) is 11.6 Å². The van der Waals surface area contributed by atoms with Crippen LogP contribution in [0.3, 0.4) is 0 Å². The lowest BCUT2D eigenvalue weighted by Crippen LogP contribution is -2.11. The Morgan fingerprint density at radius 2 is 2.29 bits per heavy atom. The Kier molecular flexibility index (Phi) is 4.28. The molecule has 0 saturated carbocycles. The molecule has 5 nitrogen and oxygen atoms in total. The molecule has 0 amide bonds. The molecule has 0 bridgehead atoms. The first-order valence-corrected chi connectivity index (χ1v) is 4.56. The number of aromatic nitrogens is 2. The summed E-state index contributed by atoms with van der Waals surface area (Å²) >= 11 is 0. The first-order valence-electron chi connectivity index (χ1n) is 4.56. The zero-order chi connectivity index (χ0) is 10.4. The molecule has 1 aromatic heterocycles. The standard InChI is InChI=1S/C9H16N4O/c1-7-6-9(13-10)12-8(11-7)4-3-5-14-2/h6H,3-5,10H2,1-2H3,(H,11,12,13). The molecule has 0 aliphatic rings. The fourth-order valence-corrected chi connectivity index (χ4v) is 1.19. The predicted octanol–water partition coefficient (Wildman–Crippen LogP) is 0.650. The zero-order valence-electron chi connectivity index (χ0n) is 8.58. The molecule has 0 atom stereocenters. The maximum absolute atomic E-state index is 5.28. The minimum Gasteiger partial charge on any atom is -0.385 e. The Hall–Kier alpha value is -1.20. The number of nitrogen functional groups attached to an aromatic ring is 1. The first-order chi connectivity index (χ1) is 6.76. The van der Waals surface area contributed by atoms with Crippen LogP contribution in [0.25, 0.3) is 0 Å². The van der Waals surface area contributed by atoms with Crippen LogP contribution in [-0.2, 0) is 11.2 Å². The normalized spacial score (nSPS) is 10.2. The van der Waals surface area contributed by atoms with E-state index in [2.05, 4.69) is 15.4 Å². The van der Waals surface area contributed by atoms with E-state index in [1.165, 1.54) is 0 Å². The summed E-state index contributed by atoms with van der Waals surface area (Å²) in [6, 6.07) is 1.81. The molecular weight excluding hydrogens is 180 g/mol. The van der Waals surface area contributed by atoms with Crippen LogP contribution in [-0.4, -0.2) is 23.7 Å². The predicted molar refractivity (Wildman–Crippen MR) is 54.8 cm³/mol. The smallest absolute Gasteiger partial charge is 0.143 e. The molecule has 0 aliphatic carbocycles. The van der Waals surface area contributed by atoms with Crippen molar-refractivity contribution in [1.29, 1.82) is 0 Å². The van der Waals surface area contributed by atoms with Crippen molar-refractivity contribution in [3.63, 3.8) is 0 Å². The van der Waals surface area contributed by atoms with Crippen molar-refractivity contribution in [1.82, 2.24) is 9.97 Å². The SMILES string of the molecule is COCCCc1nc(C)cc(NN)n1. The van der Waals surface area contributed by atoms with Crippen molar-refractivity contribution in [2.75, 3.05) is 19.1 Å². The van der Waals surface area contributed by atoms with E-state index in [1.54, 1.807) is 13.2 Å². The lowest BCUT2D eigenvalue weighted by molar-refractivity contribution is 0.194. The van der Waals surface area contributed by atoms with Crippen LogP contribution in [0.2, 0.25) is 0 Å². The van der Waals surface area contributed by atoms with Crippen LogP contribution in [0.5, 0.6) is 0 Å². The molecule has 0 saturated heterocycles. The highest BCUT2D eigenvalue weighted by Gasteiger charge is 2.00. The van der Waals surface area contributed by atoms with Gasteiger partial charge in [0.15, 0.2) is 0 Å². The molecular formula is C9H16N4O. The number of hydrogen-bond acceptors (Lipinski definition) is 5. The van der Waals surface area contributed by atoms with E-state index in [9.17, 15) is 0 Å². The number of aryl methyl sites for hydroxylation is 2. The second kappa shape index (κ2) is 5.51. The fraction of sp³-hybridized carbons (Fsp3) is 0.556. The molecule has 14 heavy (non-hydrogen) atoms. The summed E-state index contributed by atoms with van der Waals surface area (Å²) in [5, 5.41) is 0. The maximum Gasteiger partial charge on any atom is 0.143 e. The molecule has 0 radical (unpaired) electrons. The van der Waals surface area contributed by atoms with E-state index in [4.69, 9.17) is 10.6 Å². The third-order valence-electron chi connectivity index (χ3n) is 1.80. The summed E-state index contributed by atoms with van der Waals surface area (Å²) in [6.45, 7) is 2.64. The first kappa shape index (κ1) is 10.9. The van der Waals surface area contributed by atoms with Crippen LogP contribution in [0, 0.1) is 6.92 Å². The van der Waals surface area contributed by atoms with Gasteiger partial charge in [-0.25, -0.2) is 15.8 Å². The summed E-state index contributed by atoms with van der Waals surface area (Å²) in [5.74, 6) is 6.74. The molecule has 0 unspecified atom stereocenters. The lowest BCUT2D eigenvalue weighted by atomic mass is 10.3. The quantitative estimate of drug-likeness (QED) is 0.411. The van der Waals surface area contributed by atoms with Crippen molar-refractivity contribution >= 4 is 5.82 Å². The Labute approximate surface area is 83.7 Å². The van der Waals surface area contributed by atoms with Crippen molar-refractivity contribution in [3.05, 3.63) is 17.6 Å². The van der Waals surface area contributed by atoms with Crippen molar-refractivity contribution in [2.24, 2.45) is 5.84 Å². The molecule has 0 spiro atoms. The molecule has 1 heterocycles. The number of nitrogens with one attached hydrogen (secondary N) is 1. The topological polar surface area (TPSA) is 73.1 Å². The Morgan fingerprint density at radius 1 is 1.50 bits per heavy atom. The molecule has 1 rings (SSSR count). The Bertz CT molecular complexity index is 290. The van der Waals surface area contributed by atoms with Gasteiger partial charge < -0.3 is 10.2 Å². The van der Waals surface area contributed by atoms with E-state index < -0.39 is 0 Å². The van der Waals surface area contributed by atoms with Gasteiger partial charge in [-0.05, 0) is 13.3 Å². The van der Waals surface area contributed by atoms with Crippen molar-refractivity contribution in [3.8, 4) is 0 Å². The van der Waals surface area contributed by atoms with Crippen LogP contribution in [0.1, 0.15) is 17.9 Å². The third-order valence-corrected chi connectivity index (χ3v) is 1.80. The van der Waals surface area contributed by atoms with Crippen LogP contribution < -0.4 is 11.3 Å². The monoisotopic (exact) mass is 196 g/mol. The van der Waals surface area contributed by atoms with E-state index in [1.807, 2.05) is 6.92 Å². The number of hydrogen-bond donors (Lipinski definition) is 2. The average Bonchev–Trinajstić information content (AvgIpc) is 2.17. The van der Waals surface area contributed by atoms with Gasteiger partial charge in [-0.1, -0.05) is 0 Å². The highest BCUT2D eigenvalue weighted by Crippen LogP contribution is 2.05. The molecule has 0 aliphatic heterocycles. The third kappa shape index (κ3) is 3.27. The highest BCUT2D eigenvalue weighted by atomic mass is 16.5. The second-order valence-electron chi connectivity index (χ2n) is 3.05. The van der Waals surface area contributed by atoms with Gasteiger partial charge in [0.05, 0.1) is 0 Å². The van der Waals surface area contributed by atoms with Gasteiger partial charge in [-0.3, -0.25) is 0 Å². The van der Waals surface area contributed by atoms with Crippen molar-refractivity contribution < 1.29 is 4.74 Å². The van der Waals surface area contributed by atoms with E-state index in [0.29, 0.717) is 5.82 Å². The van der Waals surface area contributed by atoms with Crippen LogP contribution in [0.4, 0.5) is 5.82 Å². The summed E-state index contributed by atoms with van der Waals surface area (Å²) in [4.78, 5) is 8.51. The maximum atomic E-state index is 5.28.